The lowest BCUT2D eigenvalue weighted by molar-refractivity contribution is -0.0540. The number of carbonyl (C=O) groups excluding carboxylic acids is 1. The molecular weight excluding hydrogens is 486 g/mol. The fraction of sp³-hybridized carbons (Fsp3) is 0.500. The summed E-state index contributed by atoms with van der Waals surface area (Å²) in [4.78, 5) is 11.7. The Morgan fingerprint density at radius 3 is 2.60 bits per heavy atom. The van der Waals surface area contributed by atoms with Crippen molar-refractivity contribution in [3.05, 3.63) is 47.3 Å². The lowest BCUT2D eigenvalue weighted by atomic mass is 9.79. The van der Waals surface area contributed by atoms with Gasteiger partial charge in [0.05, 0.1) is 18.2 Å². The number of rotatable bonds is 6. The number of nitrogen functional groups attached to an aromatic ring is 1. The van der Waals surface area contributed by atoms with E-state index in [1.807, 2.05) is 0 Å². The molecule has 0 bridgehead atoms. The number of nitrogens with one attached hydrogen (secondary N) is 4. The highest BCUT2D eigenvalue weighted by atomic mass is 32.2. The number of urea groups is 1. The molecule has 2 unspecified atom stereocenters. The second-order valence-electron chi connectivity index (χ2n) is 9.33. The van der Waals surface area contributed by atoms with E-state index in [-0.39, 0.29) is 16.7 Å². The number of benzene rings is 1. The van der Waals surface area contributed by atoms with Gasteiger partial charge in [-0.3, -0.25) is 5.41 Å². The number of anilines is 1. The van der Waals surface area contributed by atoms with E-state index in [0.717, 1.165) is 25.7 Å². The Morgan fingerprint density at radius 1 is 1.20 bits per heavy atom. The standard InChI is InChI=1S/C24H33N5O4S2/c1-23(35(31,32)19-10-7-15-34-19)21(27-13-14-33-23)24(11-4-2-3-5-12-24)29-22(30)28-18-9-6-8-17(16-18)20(25)26/h6-10,15-16,21,27H,2-5,11-14H2,1H3,(H3,25,26)(H2,28,29,30). The minimum absolute atomic E-state index is 0.0904. The molecule has 2 atom stereocenters. The first-order valence-corrected chi connectivity index (χ1v) is 14.2. The molecule has 11 heteroatoms. The molecule has 4 rings (SSSR count). The van der Waals surface area contributed by atoms with Crippen LogP contribution in [0.5, 0.6) is 0 Å². The third-order valence-corrected chi connectivity index (χ3v) is 10.7. The molecule has 1 saturated carbocycles. The second kappa shape index (κ2) is 10.3. The molecule has 1 aromatic heterocycles. The fourth-order valence-electron chi connectivity index (χ4n) is 5.27. The van der Waals surface area contributed by atoms with Gasteiger partial charge in [0.25, 0.3) is 0 Å². The van der Waals surface area contributed by atoms with Crippen molar-refractivity contribution in [1.82, 2.24) is 10.6 Å². The fourth-order valence-corrected chi connectivity index (χ4v) is 8.40. The van der Waals surface area contributed by atoms with Crippen LogP contribution in [0.4, 0.5) is 10.5 Å². The Balaban J connectivity index is 1.67. The lowest BCUT2D eigenvalue weighted by Gasteiger charge is -2.51. The third kappa shape index (κ3) is 5.09. The first-order chi connectivity index (χ1) is 16.7. The zero-order valence-corrected chi connectivity index (χ0v) is 21.4. The predicted octanol–water partition coefficient (Wildman–Crippen LogP) is 3.43. The first kappa shape index (κ1) is 25.6. The number of nitrogens with two attached hydrogens (primary N) is 1. The molecule has 35 heavy (non-hydrogen) atoms. The van der Waals surface area contributed by atoms with Gasteiger partial charge in [-0.05, 0) is 43.3 Å². The minimum Gasteiger partial charge on any atom is -0.384 e. The molecule has 0 spiro atoms. The molecule has 2 aliphatic rings. The SMILES string of the molecule is CC1(S(=O)(=O)c2cccs2)OCCNC1C1(NC(=O)Nc2cccc(C(=N)N)c2)CCCCCC1. The summed E-state index contributed by atoms with van der Waals surface area (Å²) in [5.41, 5.74) is 5.76. The Hall–Kier alpha value is -2.47. The third-order valence-electron chi connectivity index (χ3n) is 7.00. The predicted molar refractivity (Wildman–Crippen MR) is 138 cm³/mol. The summed E-state index contributed by atoms with van der Waals surface area (Å²) in [5, 5.41) is 18.8. The van der Waals surface area contributed by atoms with Gasteiger partial charge in [0.1, 0.15) is 10.0 Å². The molecule has 2 amide bonds. The summed E-state index contributed by atoms with van der Waals surface area (Å²) in [6.45, 7) is 2.38. The summed E-state index contributed by atoms with van der Waals surface area (Å²) >= 11 is 1.17. The molecule has 9 nitrogen and oxygen atoms in total. The summed E-state index contributed by atoms with van der Waals surface area (Å²) in [5.74, 6) is -0.0904. The smallest absolute Gasteiger partial charge is 0.319 e. The number of thiophene rings is 1. The molecule has 1 aliphatic heterocycles. The quantitative estimate of drug-likeness (QED) is 0.224. The number of ether oxygens (including phenoxy) is 1. The van der Waals surface area contributed by atoms with Crippen LogP contribution >= 0.6 is 11.3 Å². The Kier molecular flexibility index (Phi) is 7.51. The number of sulfone groups is 1. The average Bonchev–Trinajstić information content (AvgIpc) is 3.28. The van der Waals surface area contributed by atoms with Crippen LogP contribution in [-0.2, 0) is 14.6 Å². The van der Waals surface area contributed by atoms with E-state index in [1.54, 1.807) is 48.7 Å². The van der Waals surface area contributed by atoms with Crippen molar-refractivity contribution < 1.29 is 17.9 Å². The van der Waals surface area contributed by atoms with Gasteiger partial charge in [-0.1, -0.05) is 43.9 Å². The number of amidine groups is 1. The molecule has 2 fully saturated rings. The first-order valence-electron chi connectivity index (χ1n) is 11.9. The maximum atomic E-state index is 13.8. The van der Waals surface area contributed by atoms with Crippen LogP contribution in [0.3, 0.4) is 0 Å². The van der Waals surface area contributed by atoms with Crippen LogP contribution < -0.4 is 21.7 Å². The zero-order chi connectivity index (χ0) is 25.1. The molecular formula is C24H33N5O4S2. The molecule has 2 heterocycles. The highest BCUT2D eigenvalue weighted by molar-refractivity contribution is 7.94. The maximum Gasteiger partial charge on any atom is 0.319 e. The number of amides is 2. The van der Waals surface area contributed by atoms with Crippen molar-refractivity contribution in [3.8, 4) is 0 Å². The molecule has 1 aliphatic carbocycles. The van der Waals surface area contributed by atoms with Crippen LogP contribution in [0.1, 0.15) is 51.0 Å². The lowest BCUT2D eigenvalue weighted by Crippen LogP contribution is -2.73. The van der Waals surface area contributed by atoms with Crippen molar-refractivity contribution in [2.75, 3.05) is 18.5 Å². The summed E-state index contributed by atoms with van der Waals surface area (Å²) in [6, 6.07) is 9.00. The van der Waals surface area contributed by atoms with E-state index in [0.29, 0.717) is 30.6 Å². The van der Waals surface area contributed by atoms with Gasteiger partial charge in [-0.25, -0.2) is 13.2 Å². The average molecular weight is 520 g/mol. The Bertz CT molecular complexity index is 1160. The number of carbonyl (C=O) groups is 1. The van der Waals surface area contributed by atoms with Gasteiger partial charge < -0.3 is 26.4 Å². The summed E-state index contributed by atoms with van der Waals surface area (Å²) < 4.78 is 34.0. The van der Waals surface area contributed by atoms with Gasteiger partial charge in [0, 0.05) is 17.8 Å². The van der Waals surface area contributed by atoms with Crippen molar-refractivity contribution >= 4 is 38.7 Å². The van der Waals surface area contributed by atoms with Crippen LogP contribution in [0.2, 0.25) is 0 Å². The van der Waals surface area contributed by atoms with E-state index in [2.05, 4.69) is 16.0 Å². The van der Waals surface area contributed by atoms with Crippen LogP contribution in [-0.4, -0.2) is 50.0 Å². The number of morpholine rings is 1. The molecule has 0 radical (unpaired) electrons. The van der Waals surface area contributed by atoms with Crippen LogP contribution in [0.15, 0.2) is 46.0 Å². The topological polar surface area (TPSA) is 146 Å². The van der Waals surface area contributed by atoms with Gasteiger partial charge >= 0.3 is 6.03 Å². The highest BCUT2D eigenvalue weighted by Gasteiger charge is 2.58. The minimum atomic E-state index is -3.85. The highest BCUT2D eigenvalue weighted by Crippen LogP contribution is 2.42. The van der Waals surface area contributed by atoms with E-state index < -0.39 is 32.4 Å². The Morgan fingerprint density at radius 2 is 1.94 bits per heavy atom. The van der Waals surface area contributed by atoms with Gasteiger partial charge in [0.15, 0.2) is 4.93 Å². The summed E-state index contributed by atoms with van der Waals surface area (Å²) in [6.07, 6.45) is 5.04. The molecule has 1 saturated heterocycles. The van der Waals surface area contributed by atoms with Crippen LogP contribution in [0, 0.1) is 5.41 Å². The maximum absolute atomic E-state index is 13.8. The number of hydrogen-bond donors (Lipinski definition) is 5. The largest absolute Gasteiger partial charge is 0.384 e. The van der Waals surface area contributed by atoms with E-state index >= 15 is 0 Å². The summed E-state index contributed by atoms with van der Waals surface area (Å²) in [7, 11) is -3.85. The van der Waals surface area contributed by atoms with Gasteiger partial charge in [0.2, 0.25) is 9.84 Å². The molecule has 6 N–H and O–H groups in total. The van der Waals surface area contributed by atoms with Crippen molar-refractivity contribution in [2.45, 2.75) is 66.2 Å². The monoisotopic (exact) mass is 519 g/mol. The van der Waals surface area contributed by atoms with Gasteiger partial charge in [-0.2, -0.15) is 0 Å². The number of hydrogen-bond acceptors (Lipinski definition) is 7. The van der Waals surface area contributed by atoms with E-state index in [1.165, 1.54) is 11.3 Å². The van der Waals surface area contributed by atoms with Crippen LogP contribution in [0.25, 0.3) is 0 Å². The molecule has 190 valence electrons. The normalized spacial score (nSPS) is 24.8. The second-order valence-corrected chi connectivity index (χ2v) is 12.8. The molecule has 1 aromatic carbocycles. The van der Waals surface area contributed by atoms with Gasteiger partial charge in [-0.15, -0.1) is 11.3 Å². The zero-order valence-electron chi connectivity index (χ0n) is 19.8. The van der Waals surface area contributed by atoms with E-state index in [4.69, 9.17) is 15.9 Å². The van der Waals surface area contributed by atoms with Crippen molar-refractivity contribution in [3.63, 3.8) is 0 Å². The van der Waals surface area contributed by atoms with Crippen molar-refractivity contribution in [1.29, 1.82) is 5.41 Å². The van der Waals surface area contributed by atoms with Crippen molar-refractivity contribution in [2.24, 2.45) is 5.73 Å². The Labute approximate surface area is 210 Å². The van der Waals surface area contributed by atoms with E-state index in [9.17, 15) is 13.2 Å². The molecule has 2 aromatic rings.